The Hall–Kier alpha value is -2.54. The van der Waals surface area contributed by atoms with Gasteiger partial charge in [0.1, 0.15) is 11.9 Å². The summed E-state index contributed by atoms with van der Waals surface area (Å²) in [5.41, 5.74) is 1.52. The lowest BCUT2D eigenvalue weighted by atomic mass is 10.0. The van der Waals surface area contributed by atoms with E-state index in [1.165, 1.54) is 43.6 Å². The molecular weight excluding hydrogens is 231 g/mol. The van der Waals surface area contributed by atoms with Crippen LogP contribution in [0.1, 0.15) is 22.8 Å². The SMILES string of the molecule is CC(=O)c1ccc(F)c(-c2cncc(C#N)c2)c1. The number of aromatic nitrogens is 1. The number of carbonyl (C=O) groups excluding carboxylic acids is 1. The lowest BCUT2D eigenvalue weighted by Crippen LogP contribution is -1.95. The highest BCUT2D eigenvalue weighted by molar-refractivity contribution is 5.95. The maximum absolute atomic E-state index is 13.7. The molecule has 0 saturated carbocycles. The molecule has 1 heterocycles. The van der Waals surface area contributed by atoms with E-state index in [1.54, 1.807) is 0 Å². The molecule has 1 aromatic carbocycles. The first kappa shape index (κ1) is 11.9. The van der Waals surface area contributed by atoms with Crippen molar-refractivity contribution in [2.45, 2.75) is 6.92 Å². The minimum absolute atomic E-state index is 0.138. The molecule has 0 bridgehead atoms. The lowest BCUT2D eigenvalue weighted by Gasteiger charge is -2.05. The first-order valence-electron chi connectivity index (χ1n) is 5.28. The fraction of sp³-hybridized carbons (Fsp3) is 0.0714. The number of pyridine rings is 1. The maximum Gasteiger partial charge on any atom is 0.159 e. The molecule has 1 aromatic heterocycles. The Morgan fingerprint density at radius 2 is 2.11 bits per heavy atom. The van der Waals surface area contributed by atoms with E-state index in [0.29, 0.717) is 16.7 Å². The molecule has 3 nitrogen and oxygen atoms in total. The molecule has 0 radical (unpaired) electrons. The van der Waals surface area contributed by atoms with Crippen molar-refractivity contribution in [1.29, 1.82) is 5.26 Å². The molecule has 0 aliphatic heterocycles. The average Bonchev–Trinajstić information content (AvgIpc) is 2.39. The molecule has 4 heteroatoms. The van der Waals surface area contributed by atoms with Gasteiger partial charge >= 0.3 is 0 Å². The highest BCUT2D eigenvalue weighted by Crippen LogP contribution is 2.24. The van der Waals surface area contributed by atoms with Crippen LogP contribution in [0.25, 0.3) is 11.1 Å². The van der Waals surface area contributed by atoms with Crippen molar-refractivity contribution in [3.05, 3.63) is 53.6 Å². The Bertz CT molecular complexity index is 659. The van der Waals surface area contributed by atoms with Crippen molar-refractivity contribution in [2.75, 3.05) is 0 Å². The second kappa shape index (κ2) is 4.76. The van der Waals surface area contributed by atoms with Crippen LogP contribution in [-0.2, 0) is 0 Å². The zero-order chi connectivity index (χ0) is 13.1. The van der Waals surface area contributed by atoms with E-state index >= 15 is 0 Å². The molecule has 88 valence electrons. The number of Topliss-reactive ketones (excluding diaryl/α,β-unsaturated/α-hetero) is 1. The van der Waals surface area contributed by atoms with E-state index in [4.69, 9.17) is 5.26 Å². The summed E-state index contributed by atoms with van der Waals surface area (Å²) >= 11 is 0. The van der Waals surface area contributed by atoms with Gasteiger partial charge < -0.3 is 0 Å². The van der Waals surface area contributed by atoms with Gasteiger partial charge in [0, 0.05) is 29.1 Å². The van der Waals surface area contributed by atoms with Crippen molar-refractivity contribution in [2.24, 2.45) is 0 Å². The van der Waals surface area contributed by atoms with Crippen molar-refractivity contribution in [3.8, 4) is 17.2 Å². The summed E-state index contributed by atoms with van der Waals surface area (Å²) in [4.78, 5) is 15.1. The zero-order valence-electron chi connectivity index (χ0n) is 9.64. The van der Waals surface area contributed by atoms with E-state index < -0.39 is 5.82 Å². The predicted octanol–water partition coefficient (Wildman–Crippen LogP) is 2.96. The molecule has 0 atom stereocenters. The monoisotopic (exact) mass is 240 g/mol. The van der Waals surface area contributed by atoms with Gasteiger partial charge in [-0.15, -0.1) is 0 Å². The third-order valence-electron chi connectivity index (χ3n) is 2.55. The Morgan fingerprint density at radius 3 is 2.78 bits per heavy atom. The van der Waals surface area contributed by atoms with Gasteiger partial charge in [0.15, 0.2) is 5.78 Å². The molecule has 0 spiro atoms. The van der Waals surface area contributed by atoms with Crippen molar-refractivity contribution >= 4 is 5.78 Å². The van der Waals surface area contributed by atoms with Crippen LogP contribution < -0.4 is 0 Å². The molecule has 0 aliphatic carbocycles. The minimum atomic E-state index is -0.447. The van der Waals surface area contributed by atoms with Gasteiger partial charge in [0.05, 0.1) is 5.56 Å². The van der Waals surface area contributed by atoms with Gasteiger partial charge in [-0.2, -0.15) is 5.26 Å². The van der Waals surface area contributed by atoms with E-state index in [9.17, 15) is 9.18 Å². The fourth-order valence-electron chi connectivity index (χ4n) is 1.61. The van der Waals surface area contributed by atoms with Gasteiger partial charge in [-0.3, -0.25) is 9.78 Å². The average molecular weight is 240 g/mol. The summed E-state index contributed by atoms with van der Waals surface area (Å²) in [5, 5.41) is 8.78. The quantitative estimate of drug-likeness (QED) is 0.758. The molecule has 0 N–H and O–H groups in total. The van der Waals surface area contributed by atoms with Crippen molar-refractivity contribution in [1.82, 2.24) is 4.98 Å². The number of carbonyl (C=O) groups is 1. The van der Waals surface area contributed by atoms with Gasteiger partial charge in [0.2, 0.25) is 0 Å². The van der Waals surface area contributed by atoms with Crippen LogP contribution in [-0.4, -0.2) is 10.8 Å². The fourth-order valence-corrected chi connectivity index (χ4v) is 1.61. The number of nitriles is 1. The summed E-state index contributed by atoms with van der Waals surface area (Å²) < 4.78 is 13.7. The second-order valence-electron chi connectivity index (χ2n) is 3.82. The lowest BCUT2D eigenvalue weighted by molar-refractivity contribution is 0.101. The predicted molar refractivity (Wildman–Crippen MR) is 64.4 cm³/mol. The van der Waals surface area contributed by atoms with Crippen molar-refractivity contribution < 1.29 is 9.18 Å². The smallest absolute Gasteiger partial charge is 0.159 e. The van der Waals surface area contributed by atoms with Crippen molar-refractivity contribution in [3.63, 3.8) is 0 Å². The van der Waals surface area contributed by atoms with E-state index in [0.717, 1.165) is 0 Å². The third-order valence-corrected chi connectivity index (χ3v) is 2.55. The van der Waals surface area contributed by atoms with Crippen LogP contribution in [0.15, 0.2) is 36.7 Å². The number of rotatable bonds is 2. The molecule has 2 rings (SSSR count). The molecule has 0 unspecified atom stereocenters. The Balaban J connectivity index is 2.59. The van der Waals surface area contributed by atoms with Crippen LogP contribution in [0.5, 0.6) is 0 Å². The van der Waals surface area contributed by atoms with Crippen LogP contribution in [0.3, 0.4) is 0 Å². The Morgan fingerprint density at radius 1 is 1.33 bits per heavy atom. The third kappa shape index (κ3) is 2.25. The molecular formula is C14H9FN2O. The number of nitrogens with zero attached hydrogens (tertiary/aromatic N) is 2. The first-order valence-corrected chi connectivity index (χ1v) is 5.28. The summed E-state index contributed by atoms with van der Waals surface area (Å²) in [6.45, 7) is 1.42. The van der Waals surface area contributed by atoms with E-state index in [-0.39, 0.29) is 11.3 Å². The number of benzene rings is 1. The van der Waals surface area contributed by atoms with Gasteiger partial charge in [-0.05, 0) is 31.2 Å². The number of hydrogen-bond donors (Lipinski definition) is 0. The van der Waals surface area contributed by atoms with Gasteiger partial charge in [0.25, 0.3) is 0 Å². The zero-order valence-corrected chi connectivity index (χ0v) is 9.64. The number of ketones is 1. The molecule has 18 heavy (non-hydrogen) atoms. The van der Waals surface area contributed by atoms with Crippen LogP contribution >= 0.6 is 0 Å². The Kier molecular flexibility index (Phi) is 3.16. The minimum Gasteiger partial charge on any atom is -0.295 e. The topological polar surface area (TPSA) is 53.8 Å². The van der Waals surface area contributed by atoms with Gasteiger partial charge in [-0.25, -0.2) is 4.39 Å². The maximum atomic E-state index is 13.7. The largest absolute Gasteiger partial charge is 0.295 e. The first-order chi connectivity index (χ1) is 8.61. The summed E-state index contributed by atoms with van der Waals surface area (Å²) in [7, 11) is 0. The number of halogens is 1. The second-order valence-corrected chi connectivity index (χ2v) is 3.82. The normalized spacial score (nSPS) is 9.83. The van der Waals surface area contributed by atoms with E-state index in [2.05, 4.69) is 4.98 Å². The molecule has 0 fully saturated rings. The highest BCUT2D eigenvalue weighted by Gasteiger charge is 2.09. The summed E-state index contributed by atoms with van der Waals surface area (Å²) in [6, 6.07) is 7.62. The van der Waals surface area contributed by atoms with E-state index in [1.807, 2.05) is 6.07 Å². The molecule has 0 amide bonds. The summed E-state index contributed by atoms with van der Waals surface area (Å²) in [6.07, 6.45) is 2.86. The van der Waals surface area contributed by atoms with Crippen LogP contribution in [0.4, 0.5) is 4.39 Å². The molecule has 0 saturated heterocycles. The molecule has 2 aromatic rings. The van der Waals surface area contributed by atoms with Gasteiger partial charge in [-0.1, -0.05) is 0 Å². The van der Waals surface area contributed by atoms with Crippen LogP contribution in [0, 0.1) is 17.1 Å². The number of hydrogen-bond acceptors (Lipinski definition) is 3. The van der Waals surface area contributed by atoms with Crippen LogP contribution in [0.2, 0.25) is 0 Å². The molecule has 0 aliphatic rings. The summed E-state index contributed by atoms with van der Waals surface area (Å²) in [5.74, 6) is -0.586. The highest BCUT2D eigenvalue weighted by atomic mass is 19.1. The standard InChI is InChI=1S/C14H9FN2O/c1-9(18)11-2-3-14(15)13(5-11)12-4-10(6-16)7-17-8-12/h2-5,7-8H,1H3. The Labute approximate surface area is 104 Å².